The van der Waals surface area contributed by atoms with Crippen molar-refractivity contribution in [3.63, 3.8) is 0 Å². The molecular formula is C17H18O2. The van der Waals surface area contributed by atoms with E-state index in [0.29, 0.717) is 11.6 Å². The first kappa shape index (κ1) is 11.4. The molecule has 0 spiro atoms. The molecule has 4 fully saturated rings. The number of benzene rings is 1. The summed E-state index contributed by atoms with van der Waals surface area (Å²) in [5, 5.41) is 0. The molecule has 4 aliphatic rings. The van der Waals surface area contributed by atoms with Crippen LogP contribution in [-0.2, 0) is 16.0 Å². The first-order valence-electron chi connectivity index (χ1n) is 7.35. The van der Waals surface area contributed by atoms with Crippen LogP contribution in [0.25, 0.3) is 0 Å². The second kappa shape index (κ2) is 4.03. The minimum atomic E-state index is 0.167. The van der Waals surface area contributed by atoms with E-state index in [2.05, 4.69) is 12.1 Å². The van der Waals surface area contributed by atoms with Crippen LogP contribution in [0.15, 0.2) is 30.3 Å². The van der Waals surface area contributed by atoms with E-state index in [0.717, 1.165) is 25.7 Å². The van der Waals surface area contributed by atoms with Gasteiger partial charge in [0.1, 0.15) is 11.6 Å². The minimum Gasteiger partial charge on any atom is -0.299 e. The zero-order valence-corrected chi connectivity index (χ0v) is 10.9. The van der Waals surface area contributed by atoms with Gasteiger partial charge in [-0.2, -0.15) is 0 Å². The van der Waals surface area contributed by atoms with E-state index in [1.807, 2.05) is 18.2 Å². The molecule has 1 aromatic carbocycles. The molecule has 4 bridgehead atoms. The van der Waals surface area contributed by atoms with Gasteiger partial charge in [0.05, 0.1) is 0 Å². The van der Waals surface area contributed by atoms with Crippen LogP contribution in [0.3, 0.4) is 0 Å². The highest BCUT2D eigenvalue weighted by molar-refractivity contribution is 5.96. The third-order valence-corrected chi connectivity index (χ3v) is 5.53. The van der Waals surface area contributed by atoms with Crippen LogP contribution in [0, 0.1) is 29.6 Å². The Kier molecular flexibility index (Phi) is 2.41. The number of carbonyl (C=O) groups is 2. The molecule has 0 amide bonds. The average Bonchev–Trinajstić information content (AvgIpc) is 2.42. The van der Waals surface area contributed by atoms with E-state index in [1.54, 1.807) is 0 Å². The van der Waals surface area contributed by atoms with Gasteiger partial charge >= 0.3 is 0 Å². The van der Waals surface area contributed by atoms with Gasteiger partial charge in [0.25, 0.3) is 0 Å². The maximum absolute atomic E-state index is 12.4. The minimum absolute atomic E-state index is 0.167. The normalized spacial score (nSPS) is 39.9. The second-order valence-corrected chi connectivity index (χ2v) is 6.47. The molecule has 2 heteroatoms. The Labute approximate surface area is 113 Å². The molecule has 19 heavy (non-hydrogen) atoms. The lowest BCUT2D eigenvalue weighted by Crippen LogP contribution is -2.56. The van der Waals surface area contributed by atoms with Crippen molar-refractivity contribution < 1.29 is 9.59 Å². The average molecular weight is 254 g/mol. The summed E-state index contributed by atoms with van der Waals surface area (Å²) < 4.78 is 0. The van der Waals surface area contributed by atoms with E-state index in [4.69, 9.17) is 0 Å². The van der Waals surface area contributed by atoms with Crippen LogP contribution >= 0.6 is 0 Å². The number of rotatable bonds is 2. The van der Waals surface area contributed by atoms with Crippen molar-refractivity contribution in [2.45, 2.75) is 25.7 Å². The molecule has 0 N–H and O–H groups in total. The van der Waals surface area contributed by atoms with Crippen molar-refractivity contribution in [2.24, 2.45) is 29.6 Å². The third-order valence-electron chi connectivity index (χ3n) is 5.53. The zero-order chi connectivity index (χ0) is 13.0. The predicted octanol–water partition coefficient (Wildman–Crippen LogP) is 2.66. The molecule has 4 unspecified atom stereocenters. The predicted molar refractivity (Wildman–Crippen MR) is 71.5 cm³/mol. The summed E-state index contributed by atoms with van der Waals surface area (Å²) in [5.41, 5.74) is 1.26. The van der Waals surface area contributed by atoms with Crippen LogP contribution in [0.5, 0.6) is 0 Å². The summed E-state index contributed by atoms with van der Waals surface area (Å²) in [6, 6.07) is 10.3. The Morgan fingerprint density at radius 1 is 0.842 bits per heavy atom. The highest BCUT2D eigenvalue weighted by atomic mass is 16.1. The van der Waals surface area contributed by atoms with Gasteiger partial charge in [0, 0.05) is 23.7 Å². The molecule has 4 saturated carbocycles. The van der Waals surface area contributed by atoms with E-state index < -0.39 is 0 Å². The Morgan fingerprint density at radius 3 is 2.00 bits per heavy atom. The Hall–Kier alpha value is -1.44. The molecule has 0 heterocycles. The van der Waals surface area contributed by atoms with E-state index in [-0.39, 0.29) is 29.6 Å². The smallest absolute Gasteiger partial charge is 0.139 e. The Balaban J connectivity index is 1.65. The zero-order valence-electron chi connectivity index (χ0n) is 10.9. The standard InChI is InChI=1S/C17H18O2/c18-16-11-7-12-9-15(16)13(14(8-11)17(12)19)6-10-4-2-1-3-5-10/h1-5,11-15H,6-9H2. The number of hydrogen-bond donors (Lipinski definition) is 0. The van der Waals surface area contributed by atoms with Gasteiger partial charge in [-0.3, -0.25) is 9.59 Å². The lowest BCUT2D eigenvalue weighted by molar-refractivity contribution is -0.157. The van der Waals surface area contributed by atoms with Crippen molar-refractivity contribution in [3.8, 4) is 0 Å². The molecule has 0 saturated heterocycles. The van der Waals surface area contributed by atoms with Gasteiger partial charge in [-0.25, -0.2) is 0 Å². The maximum atomic E-state index is 12.4. The largest absolute Gasteiger partial charge is 0.299 e. The summed E-state index contributed by atoms with van der Waals surface area (Å²) >= 11 is 0. The van der Waals surface area contributed by atoms with Gasteiger partial charge in [0.2, 0.25) is 0 Å². The van der Waals surface area contributed by atoms with E-state index in [9.17, 15) is 9.59 Å². The SMILES string of the molecule is O=C1C2CC3CC1C(Cc1ccccc1)C(C2)C3=O. The van der Waals surface area contributed by atoms with Gasteiger partial charge in [-0.1, -0.05) is 30.3 Å². The number of hydrogen-bond acceptors (Lipinski definition) is 2. The third kappa shape index (κ3) is 1.62. The highest BCUT2D eigenvalue weighted by Crippen LogP contribution is 2.53. The van der Waals surface area contributed by atoms with Crippen molar-refractivity contribution in [1.29, 1.82) is 0 Å². The molecule has 98 valence electrons. The quantitative estimate of drug-likeness (QED) is 0.813. The lowest BCUT2D eigenvalue weighted by atomic mass is 9.50. The highest BCUT2D eigenvalue weighted by Gasteiger charge is 2.56. The van der Waals surface area contributed by atoms with Crippen molar-refractivity contribution in [2.75, 3.05) is 0 Å². The van der Waals surface area contributed by atoms with Crippen molar-refractivity contribution in [3.05, 3.63) is 35.9 Å². The monoisotopic (exact) mass is 254 g/mol. The lowest BCUT2D eigenvalue weighted by Gasteiger charge is -2.52. The second-order valence-electron chi connectivity index (χ2n) is 6.47. The number of carbonyl (C=O) groups excluding carboxylic acids is 2. The van der Waals surface area contributed by atoms with Crippen LogP contribution in [0.4, 0.5) is 0 Å². The molecule has 1 aromatic rings. The van der Waals surface area contributed by atoms with Crippen molar-refractivity contribution >= 4 is 11.6 Å². The Bertz CT molecular complexity index is 505. The molecule has 0 radical (unpaired) electrons. The molecule has 5 rings (SSSR count). The van der Waals surface area contributed by atoms with Gasteiger partial charge in [-0.05, 0) is 37.2 Å². The van der Waals surface area contributed by atoms with Crippen LogP contribution in [0.1, 0.15) is 24.8 Å². The van der Waals surface area contributed by atoms with Crippen LogP contribution < -0.4 is 0 Å². The maximum Gasteiger partial charge on any atom is 0.139 e. The van der Waals surface area contributed by atoms with Crippen LogP contribution in [0.2, 0.25) is 0 Å². The van der Waals surface area contributed by atoms with Crippen molar-refractivity contribution in [1.82, 2.24) is 0 Å². The first-order valence-corrected chi connectivity index (χ1v) is 7.35. The number of Topliss-reactive ketones (excluding diaryl/α,β-unsaturated/α-hetero) is 2. The van der Waals surface area contributed by atoms with Crippen LogP contribution in [-0.4, -0.2) is 11.6 Å². The van der Waals surface area contributed by atoms with Gasteiger partial charge < -0.3 is 0 Å². The molecule has 2 nitrogen and oxygen atoms in total. The molecule has 4 atom stereocenters. The van der Waals surface area contributed by atoms with E-state index >= 15 is 0 Å². The molecule has 0 aromatic heterocycles. The summed E-state index contributed by atoms with van der Waals surface area (Å²) in [7, 11) is 0. The summed E-state index contributed by atoms with van der Waals surface area (Å²) in [6.07, 6.45) is 3.42. The van der Waals surface area contributed by atoms with Gasteiger partial charge in [0.15, 0.2) is 0 Å². The molecule has 0 aliphatic heterocycles. The molecule has 4 aliphatic carbocycles. The van der Waals surface area contributed by atoms with E-state index in [1.165, 1.54) is 5.56 Å². The fraction of sp³-hybridized carbons (Fsp3) is 0.529. The first-order chi connectivity index (χ1) is 9.24. The Morgan fingerprint density at radius 2 is 1.42 bits per heavy atom. The summed E-state index contributed by atoms with van der Waals surface area (Å²) in [6.45, 7) is 0. The fourth-order valence-electron chi connectivity index (χ4n) is 4.67. The van der Waals surface area contributed by atoms with Gasteiger partial charge in [-0.15, -0.1) is 0 Å². The summed E-state index contributed by atoms with van der Waals surface area (Å²) in [5.74, 6) is 1.94. The molecular weight excluding hydrogens is 236 g/mol. The fourth-order valence-corrected chi connectivity index (χ4v) is 4.67. The topological polar surface area (TPSA) is 34.1 Å². The number of ketones is 2. The summed E-state index contributed by atoms with van der Waals surface area (Å²) in [4.78, 5) is 24.7.